The highest BCUT2D eigenvalue weighted by Gasteiger charge is 2.18. The van der Waals surface area contributed by atoms with Gasteiger partial charge in [0.1, 0.15) is 0 Å². The van der Waals surface area contributed by atoms with E-state index in [-0.39, 0.29) is 0 Å². The second-order valence-corrected chi connectivity index (χ2v) is 6.53. The van der Waals surface area contributed by atoms with Crippen LogP contribution in [0.5, 0.6) is 0 Å². The summed E-state index contributed by atoms with van der Waals surface area (Å²) in [5.41, 5.74) is 4.80. The number of ether oxygens (including phenoxy) is 1. The van der Waals surface area contributed by atoms with Crippen molar-refractivity contribution in [1.29, 1.82) is 0 Å². The molecule has 1 N–H and O–H groups in total. The van der Waals surface area contributed by atoms with Crippen molar-refractivity contribution in [2.45, 2.75) is 32.4 Å². The van der Waals surface area contributed by atoms with Crippen LogP contribution in [0, 0.1) is 6.92 Å². The lowest BCUT2D eigenvalue weighted by atomic mass is 10.1. The summed E-state index contributed by atoms with van der Waals surface area (Å²) in [4.78, 5) is 4.84. The van der Waals surface area contributed by atoms with Crippen molar-refractivity contribution in [3.63, 3.8) is 0 Å². The fourth-order valence-electron chi connectivity index (χ4n) is 3.36. The van der Waals surface area contributed by atoms with Crippen molar-refractivity contribution < 1.29 is 4.74 Å². The van der Waals surface area contributed by atoms with Crippen molar-refractivity contribution in [3.8, 4) is 0 Å². The maximum Gasteiger partial charge on any atom is 0.204 e. The second-order valence-electron chi connectivity index (χ2n) is 6.53. The first kappa shape index (κ1) is 15.2. The zero-order chi connectivity index (χ0) is 16.4. The summed E-state index contributed by atoms with van der Waals surface area (Å²) in [6.45, 7) is 4.62. The molecule has 0 amide bonds. The maximum absolute atomic E-state index is 5.47. The minimum absolute atomic E-state index is 0.437. The van der Waals surface area contributed by atoms with Gasteiger partial charge in [0.25, 0.3) is 0 Å². The first-order valence-electron chi connectivity index (χ1n) is 8.65. The highest BCUT2D eigenvalue weighted by molar-refractivity contribution is 5.78. The average Bonchev–Trinajstić information content (AvgIpc) is 2.93. The topological polar surface area (TPSA) is 39.1 Å². The molecule has 2 aromatic carbocycles. The van der Waals surface area contributed by atoms with Crippen LogP contribution in [0.4, 0.5) is 5.95 Å². The molecule has 4 nitrogen and oxygen atoms in total. The molecule has 0 atom stereocenters. The number of aryl methyl sites for hydroxylation is 1. The number of hydrogen-bond acceptors (Lipinski definition) is 3. The smallest absolute Gasteiger partial charge is 0.204 e. The Morgan fingerprint density at radius 1 is 1.12 bits per heavy atom. The van der Waals surface area contributed by atoms with Crippen molar-refractivity contribution in [3.05, 3.63) is 59.7 Å². The fraction of sp³-hybridized carbons (Fsp3) is 0.350. The number of para-hydroxylation sites is 2. The van der Waals surface area contributed by atoms with E-state index in [1.165, 1.54) is 16.6 Å². The Kier molecular flexibility index (Phi) is 4.22. The van der Waals surface area contributed by atoms with Gasteiger partial charge in [-0.15, -0.1) is 0 Å². The molecule has 4 heteroatoms. The standard InChI is InChI=1S/C20H23N3O/c1-15-5-4-6-16(13-15)14-23-19-8-3-2-7-18(19)22-20(23)21-17-9-11-24-12-10-17/h2-8,13,17H,9-12,14H2,1H3,(H,21,22). The number of nitrogens with one attached hydrogen (secondary N) is 1. The minimum atomic E-state index is 0.437. The van der Waals surface area contributed by atoms with Crippen LogP contribution in [0.2, 0.25) is 0 Å². The van der Waals surface area contributed by atoms with Gasteiger partial charge in [-0.25, -0.2) is 4.98 Å². The Balaban J connectivity index is 1.69. The fourth-order valence-corrected chi connectivity index (χ4v) is 3.36. The average molecular weight is 321 g/mol. The molecule has 1 aliphatic rings. The zero-order valence-electron chi connectivity index (χ0n) is 14.0. The Morgan fingerprint density at radius 3 is 2.79 bits per heavy atom. The van der Waals surface area contributed by atoms with Gasteiger partial charge in [-0.2, -0.15) is 0 Å². The number of rotatable bonds is 4. The summed E-state index contributed by atoms with van der Waals surface area (Å²) in [6.07, 6.45) is 2.07. The van der Waals surface area contributed by atoms with Crippen LogP contribution in [0.1, 0.15) is 24.0 Å². The van der Waals surface area contributed by atoms with Gasteiger partial charge in [-0.1, -0.05) is 42.0 Å². The molecule has 0 saturated carbocycles. The highest BCUT2D eigenvalue weighted by atomic mass is 16.5. The van der Waals surface area contributed by atoms with Gasteiger partial charge in [-0.05, 0) is 37.5 Å². The van der Waals surface area contributed by atoms with E-state index in [0.717, 1.165) is 44.1 Å². The van der Waals surface area contributed by atoms with Gasteiger partial charge in [0, 0.05) is 19.3 Å². The summed E-state index contributed by atoms with van der Waals surface area (Å²) in [7, 11) is 0. The lowest BCUT2D eigenvalue weighted by molar-refractivity contribution is 0.0902. The van der Waals surface area contributed by atoms with Crippen molar-refractivity contribution in [2.24, 2.45) is 0 Å². The lowest BCUT2D eigenvalue weighted by Crippen LogP contribution is -2.29. The molecular formula is C20H23N3O. The van der Waals surface area contributed by atoms with E-state index in [1.54, 1.807) is 0 Å². The van der Waals surface area contributed by atoms with E-state index < -0.39 is 0 Å². The zero-order valence-corrected chi connectivity index (χ0v) is 14.0. The summed E-state index contributed by atoms with van der Waals surface area (Å²) in [5, 5.41) is 3.65. The maximum atomic E-state index is 5.47. The molecule has 1 aromatic heterocycles. The van der Waals surface area contributed by atoms with Crippen molar-refractivity contribution in [1.82, 2.24) is 9.55 Å². The Morgan fingerprint density at radius 2 is 1.96 bits per heavy atom. The molecule has 1 saturated heterocycles. The number of imidazole rings is 1. The van der Waals surface area contributed by atoms with Gasteiger partial charge in [0.15, 0.2) is 0 Å². The third-order valence-electron chi connectivity index (χ3n) is 4.63. The van der Waals surface area contributed by atoms with Crippen LogP contribution >= 0.6 is 0 Å². The van der Waals surface area contributed by atoms with E-state index in [1.807, 2.05) is 6.07 Å². The van der Waals surface area contributed by atoms with E-state index in [9.17, 15) is 0 Å². The van der Waals surface area contributed by atoms with Crippen LogP contribution < -0.4 is 5.32 Å². The summed E-state index contributed by atoms with van der Waals surface area (Å²) in [5.74, 6) is 0.963. The van der Waals surface area contributed by atoms with Gasteiger partial charge in [0.05, 0.1) is 17.6 Å². The number of fused-ring (bicyclic) bond motifs is 1. The number of aromatic nitrogens is 2. The second kappa shape index (κ2) is 6.65. The number of nitrogens with zero attached hydrogens (tertiary/aromatic N) is 2. The molecule has 0 spiro atoms. The molecule has 1 fully saturated rings. The van der Waals surface area contributed by atoms with E-state index in [0.29, 0.717) is 6.04 Å². The highest BCUT2D eigenvalue weighted by Crippen LogP contribution is 2.23. The Labute approximate surface area is 142 Å². The minimum Gasteiger partial charge on any atom is -0.381 e. The molecule has 3 aromatic rings. The number of anilines is 1. The SMILES string of the molecule is Cc1cccc(Cn2c(NC3CCOCC3)nc3ccccc32)c1. The van der Waals surface area contributed by atoms with Crippen LogP contribution in [0.25, 0.3) is 11.0 Å². The van der Waals surface area contributed by atoms with Crippen LogP contribution in [-0.4, -0.2) is 28.8 Å². The van der Waals surface area contributed by atoms with Crippen molar-refractivity contribution in [2.75, 3.05) is 18.5 Å². The van der Waals surface area contributed by atoms with Gasteiger partial charge in [-0.3, -0.25) is 0 Å². The predicted octanol–water partition coefficient (Wildman–Crippen LogP) is 3.98. The molecule has 2 heterocycles. The summed E-state index contributed by atoms with van der Waals surface area (Å²) >= 11 is 0. The van der Waals surface area contributed by atoms with E-state index in [4.69, 9.17) is 9.72 Å². The number of hydrogen-bond donors (Lipinski definition) is 1. The molecular weight excluding hydrogens is 298 g/mol. The number of benzene rings is 2. The van der Waals surface area contributed by atoms with Crippen LogP contribution in [0.3, 0.4) is 0 Å². The Bertz CT molecular complexity index is 834. The van der Waals surface area contributed by atoms with Crippen LogP contribution in [-0.2, 0) is 11.3 Å². The largest absolute Gasteiger partial charge is 0.381 e. The summed E-state index contributed by atoms with van der Waals surface area (Å²) in [6, 6.07) is 17.5. The normalized spacial score (nSPS) is 15.7. The van der Waals surface area contributed by atoms with Gasteiger partial charge >= 0.3 is 0 Å². The molecule has 1 aliphatic heterocycles. The monoisotopic (exact) mass is 321 g/mol. The molecule has 24 heavy (non-hydrogen) atoms. The Hall–Kier alpha value is -2.33. The predicted molar refractivity (Wildman–Crippen MR) is 97.5 cm³/mol. The molecule has 0 unspecified atom stereocenters. The molecule has 0 aliphatic carbocycles. The molecule has 0 bridgehead atoms. The van der Waals surface area contributed by atoms with Crippen molar-refractivity contribution >= 4 is 17.0 Å². The third kappa shape index (κ3) is 3.15. The quantitative estimate of drug-likeness (QED) is 0.790. The molecule has 124 valence electrons. The molecule has 4 rings (SSSR count). The van der Waals surface area contributed by atoms with E-state index in [2.05, 4.69) is 59.3 Å². The molecule has 0 radical (unpaired) electrons. The lowest BCUT2D eigenvalue weighted by Gasteiger charge is -2.24. The van der Waals surface area contributed by atoms with Crippen LogP contribution in [0.15, 0.2) is 48.5 Å². The summed E-state index contributed by atoms with van der Waals surface area (Å²) < 4.78 is 7.76. The van der Waals surface area contributed by atoms with Gasteiger partial charge < -0.3 is 14.6 Å². The van der Waals surface area contributed by atoms with Gasteiger partial charge in [0.2, 0.25) is 5.95 Å². The van der Waals surface area contributed by atoms with E-state index >= 15 is 0 Å². The first-order chi connectivity index (χ1) is 11.8. The third-order valence-corrected chi connectivity index (χ3v) is 4.63. The first-order valence-corrected chi connectivity index (χ1v) is 8.65.